The van der Waals surface area contributed by atoms with Crippen LogP contribution in [0, 0.1) is 0 Å². The Kier molecular flexibility index (Phi) is 5.96. The molecule has 0 saturated carbocycles. The smallest absolute Gasteiger partial charge is 0.399 e. The van der Waals surface area contributed by atoms with Gasteiger partial charge >= 0.3 is 7.12 Å². The summed E-state index contributed by atoms with van der Waals surface area (Å²) in [6, 6.07) is 34.0. The summed E-state index contributed by atoms with van der Waals surface area (Å²) < 4.78 is 12.4. The van der Waals surface area contributed by atoms with Crippen LogP contribution in [0.5, 0.6) is 0 Å². The van der Waals surface area contributed by atoms with E-state index in [4.69, 9.17) is 9.31 Å². The molecular weight excluding hydrogens is 431 g/mol. The molecule has 1 heterocycles. The second-order valence-electron chi connectivity index (χ2n) is 10.1. The molecule has 35 heavy (non-hydrogen) atoms. The highest BCUT2D eigenvalue weighted by molar-refractivity contribution is 6.62. The van der Waals surface area contributed by atoms with Crippen LogP contribution in [0.25, 0.3) is 22.3 Å². The van der Waals surface area contributed by atoms with Gasteiger partial charge in [-0.15, -0.1) is 0 Å². The van der Waals surface area contributed by atoms with Crippen LogP contribution >= 0.6 is 0 Å². The van der Waals surface area contributed by atoms with Crippen molar-refractivity contribution >= 4 is 18.4 Å². The molecule has 0 aliphatic carbocycles. The average Bonchev–Trinajstić information content (AvgIpc) is 3.11. The summed E-state index contributed by atoms with van der Waals surface area (Å²) in [6.45, 7) is 8.12. The molecule has 4 heteroatoms. The molecule has 1 aliphatic rings. The maximum absolute atomic E-state index is 13.8. The molecule has 0 unspecified atom stereocenters. The number of hydrogen-bond donors (Lipinski definition) is 0. The lowest BCUT2D eigenvalue weighted by Gasteiger charge is -2.32. The second-order valence-corrected chi connectivity index (χ2v) is 10.1. The van der Waals surface area contributed by atoms with E-state index < -0.39 is 18.3 Å². The van der Waals surface area contributed by atoms with Crippen molar-refractivity contribution in [3.63, 3.8) is 0 Å². The second kappa shape index (κ2) is 8.96. The van der Waals surface area contributed by atoms with E-state index in [0.717, 1.165) is 27.7 Å². The highest BCUT2D eigenvalue weighted by Gasteiger charge is 2.51. The van der Waals surface area contributed by atoms with Crippen LogP contribution in [0.2, 0.25) is 0 Å². The fourth-order valence-electron chi connectivity index (χ4n) is 4.33. The van der Waals surface area contributed by atoms with Gasteiger partial charge in [-0.3, -0.25) is 4.79 Å². The Morgan fingerprint density at radius 2 is 1.09 bits per heavy atom. The van der Waals surface area contributed by atoms with E-state index in [2.05, 4.69) is 30.3 Å². The van der Waals surface area contributed by atoms with Crippen molar-refractivity contribution in [1.29, 1.82) is 0 Å². The van der Waals surface area contributed by atoms with Gasteiger partial charge in [-0.05, 0) is 73.6 Å². The Bertz CT molecular complexity index is 1290. The standard InChI is InChI=1S/C31H29BO3/c1-30(2)31(3,4)35-32(34-30)28-17-11-16-24(21-28)29(33)27-19-25(22-12-7-5-8-13-22)18-26(20-27)23-14-9-6-10-15-23/h5-21H,1-4H3. The summed E-state index contributed by atoms with van der Waals surface area (Å²) in [5.74, 6) is -0.0293. The van der Waals surface area contributed by atoms with Crippen LogP contribution in [0.1, 0.15) is 43.6 Å². The van der Waals surface area contributed by atoms with Gasteiger partial charge in [0.25, 0.3) is 0 Å². The molecule has 0 bridgehead atoms. The first-order valence-corrected chi connectivity index (χ1v) is 12.0. The van der Waals surface area contributed by atoms with Crippen molar-refractivity contribution in [3.8, 4) is 22.3 Å². The Morgan fingerprint density at radius 3 is 1.60 bits per heavy atom. The molecule has 0 radical (unpaired) electrons. The molecule has 1 aliphatic heterocycles. The van der Waals surface area contributed by atoms with E-state index in [-0.39, 0.29) is 5.78 Å². The van der Waals surface area contributed by atoms with Crippen LogP contribution in [0.4, 0.5) is 0 Å². The topological polar surface area (TPSA) is 35.5 Å². The summed E-state index contributed by atoms with van der Waals surface area (Å²) >= 11 is 0. The van der Waals surface area contributed by atoms with Gasteiger partial charge in [0.1, 0.15) is 0 Å². The Balaban J connectivity index is 1.54. The summed E-state index contributed by atoms with van der Waals surface area (Å²) in [5, 5.41) is 0. The SMILES string of the molecule is CC1(C)OB(c2cccc(C(=O)c3cc(-c4ccccc4)cc(-c4ccccc4)c3)c2)OC1(C)C. The Hall–Kier alpha value is -3.47. The van der Waals surface area contributed by atoms with Crippen LogP contribution < -0.4 is 5.46 Å². The minimum Gasteiger partial charge on any atom is -0.399 e. The Labute approximate surface area is 207 Å². The van der Waals surface area contributed by atoms with Crippen LogP contribution in [-0.2, 0) is 9.31 Å². The van der Waals surface area contributed by atoms with E-state index in [1.165, 1.54) is 0 Å². The number of hydrogen-bond acceptors (Lipinski definition) is 3. The average molecular weight is 460 g/mol. The van der Waals surface area contributed by atoms with Gasteiger partial charge in [0.15, 0.2) is 5.78 Å². The lowest BCUT2D eigenvalue weighted by molar-refractivity contribution is 0.00578. The van der Waals surface area contributed by atoms with E-state index in [9.17, 15) is 4.79 Å². The normalized spacial score (nSPS) is 16.3. The van der Waals surface area contributed by atoms with Crippen molar-refractivity contribution < 1.29 is 14.1 Å². The first kappa shape index (κ1) is 23.3. The van der Waals surface area contributed by atoms with Crippen LogP contribution in [-0.4, -0.2) is 24.1 Å². The van der Waals surface area contributed by atoms with Gasteiger partial charge in [0, 0.05) is 11.1 Å². The van der Waals surface area contributed by atoms with E-state index in [0.29, 0.717) is 11.1 Å². The quantitative estimate of drug-likeness (QED) is 0.250. The molecule has 3 nitrogen and oxygen atoms in total. The third kappa shape index (κ3) is 4.60. The number of carbonyl (C=O) groups is 1. The van der Waals surface area contributed by atoms with Gasteiger partial charge in [-0.2, -0.15) is 0 Å². The largest absolute Gasteiger partial charge is 0.494 e. The molecule has 1 saturated heterocycles. The zero-order chi connectivity index (χ0) is 24.6. The van der Waals surface area contributed by atoms with Crippen molar-refractivity contribution in [2.24, 2.45) is 0 Å². The van der Waals surface area contributed by atoms with Crippen molar-refractivity contribution in [1.82, 2.24) is 0 Å². The van der Waals surface area contributed by atoms with Crippen molar-refractivity contribution in [3.05, 3.63) is 114 Å². The first-order chi connectivity index (χ1) is 16.7. The van der Waals surface area contributed by atoms with Crippen molar-refractivity contribution in [2.75, 3.05) is 0 Å². The molecule has 0 atom stereocenters. The number of carbonyl (C=O) groups excluding carboxylic acids is 1. The summed E-state index contributed by atoms with van der Waals surface area (Å²) in [5.41, 5.74) is 5.40. The molecule has 0 amide bonds. The lowest BCUT2D eigenvalue weighted by Crippen LogP contribution is -2.41. The summed E-state index contributed by atoms with van der Waals surface area (Å²) in [7, 11) is -0.511. The minimum absolute atomic E-state index is 0.0293. The molecule has 4 aromatic rings. The van der Waals surface area contributed by atoms with Gasteiger partial charge in [-0.25, -0.2) is 0 Å². The molecule has 174 valence electrons. The molecule has 0 aromatic heterocycles. The zero-order valence-corrected chi connectivity index (χ0v) is 20.6. The predicted molar refractivity (Wildman–Crippen MR) is 143 cm³/mol. The lowest BCUT2D eigenvalue weighted by atomic mass is 9.78. The molecule has 0 N–H and O–H groups in total. The number of rotatable bonds is 5. The predicted octanol–water partition coefficient (Wildman–Crippen LogP) is 6.55. The van der Waals surface area contributed by atoms with E-state index >= 15 is 0 Å². The molecule has 1 fully saturated rings. The third-order valence-corrected chi connectivity index (χ3v) is 7.08. The monoisotopic (exact) mass is 460 g/mol. The van der Waals surface area contributed by atoms with E-state index in [1.807, 2.05) is 100 Å². The van der Waals surface area contributed by atoms with Crippen molar-refractivity contribution in [2.45, 2.75) is 38.9 Å². The highest BCUT2D eigenvalue weighted by atomic mass is 16.7. The maximum Gasteiger partial charge on any atom is 0.494 e. The van der Waals surface area contributed by atoms with Gasteiger partial charge in [-0.1, -0.05) is 84.9 Å². The van der Waals surface area contributed by atoms with Gasteiger partial charge < -0.3 is 9.31 Å². The third-order valence-electron chi connectivity index (χ3n) is 7.08. The van der Waals surface area contributed by atoms with E-state index in [1.54, 1.807) is 0 Å². The molecule has 4 aromatic carbocycles. The highest BCUT2D eigenvalue weighted by Crippen LogP contribution is 2.36. The maximum atomic E-state index is 13.8. The Morgan fingerprint density at radius 1 is 0.571 bits per heavy atom. The zero-order valence-electron chi connectivity index (χ0n) is 20.6. The van der Waals surface area contributed by atoms with Crippen LogP contribution in [0.15, 0.2) is 103 Å². The first-order valence-electron chi connectivity index (χ1n) is 12.0. The molecule has 0 spiro atoms. The number of benzene rings is 4. The summed E-state index contributed by atoms with van der Waals surface area (Å²) in [6.07, 6.45) is 0. The molecule has 5 rings (SSSR count). The fraction of sp³-hybridized carbons (Fsp3) is 0.194. The fourth-order valence-corrected chi connectivity index (χ4v) is 4.33. The minimum atomic E-state index is -0.511. The number of ketones is 1. The van der Waals surface area contributed by atoms with Gasteiger partial charge in [0.05, 0.1) is 11.2 Å². The summed E-state index contributed by atoms with van der Waals surface area (Å²) in [4.78, 5) is 13.8. The molecular formula is C31H29BO3. The van der Waals surface area contributed by atoms with Crippen LogP contribution in [0.3, 0.4) is 0 Å². The van der Waals surface area contributed by atoms with Gasteiger partial charge in [0.2, 0.25) is 0 Å².